The summed E-state index contributed by atoms with van der Waals surface area (Å²) in [6.07, 6.45) is 1.49. The van der Waals surface area contributed by atoms with Gasteiger partial charge in [-0.1, -0.05) is 48.5 Å². The zero-order chi connectivity index (χ0) is 20.6. The van der Waals surface area contributed by atoms with Crippen LogP contribution in [0, 0.1) is 24.1 Å². The molecule has 0 saturated heterocycles. The van der Waals surface area contributed by atoms with Crippen molar-refractivity contribution in [3.05, 3.63) is 101 Å². The van der Waals surface area contributed by atoms with Crippen molar-refractivity contribution in [3.8, 4) is 11.8 Å². The van der Waals surface area contributed by atoms with E-state index in [-0.39, 0.29) is 18.0 Å². The number of nitrogens with one attached hydrogen (secondary N) is 1. The molecule has 0 heterocycles. The molecule has 1 N–H and O–H groups in total. The molecule has 0 unspecified atom stereocenters. The molecule has 0 radical (unpaired) electrons. The number of nitriles is 1. The zero-order valence-electron chi connectivity index (χ0n) is 15.9. The van der Waals surface area contributed by atoms with Crippen LogP contribution in [0.4, 0.5) is 10.1 Å². The maximum Gasteiger partial charge on any atom is 0.266 e. The molecule has 0 saturated carbocycles. The molecule has 0 aliphatic rings. The zero-order valence-corrected chi connectivity index (χ0v) is 15.9. The number of carbonyl (C=O) groups is 1. The average Bonchev–Trinajstić information content (AvgIpc) is 2.73. The van der Waals surface area contributed by atoms with E-state index in [2.05, 4.69) is 5.32 Å². The van der Waals surface area contributed by atoms with Gasteiger partial charge in [0.1, 0.15) is 29.8 Å². The monoisotopic (exact) mass is 386 g/mol. The molecule has 1 amide bonds. The third-order valence-corrected chi connectivity index (χ3v) is 4.28. The lowest BCUT2D eigenvalue weighted by molar-refractivity contribution is -0.112. The molecule has 0 fully saturated rings. The van der Waals surface area contributed by atoms with Crippen molar-refractivity contribution in [3.63, 3.8) is 0 Å². The Morgan fingerprint density at radius 1 is 1.10 bits per heavy atom. The van der Waals surface area contributed by atoms with Crippen molar-refractivity contribution < 1.29 is 13.9 Å². The van der Waals surface area contributed by atoms with Crippen LogP contribution in [0.1, 0.15) is 16.7 Å². The van der Waals surface area contributed by atoms with E-state index in [1.807, 2.05) is 31.2 Å². The Hall–Kier alpha value is -3.91. The van der Waals surface area contributed by atoms with Gasteiger partial charge >= 0.3 is 0 Å². The molecule has 29 heavy (non-hydrogen) atoms. The molecule has 0 aromatic heterocycles. The van der Waals surface area contributed by atoms with E-state index in [4.69, 9.17) is 4.74 Å². The standard InChI is InChI=1S/C24H19FN2O2/c1-17-7-2-5-12-23(17)27-24(28)20(15-26)13-18-8-6-10-21(14-18)29-16-19-9-3-4-11-22(19)25/h2-14H,16H2,1H3,(H,27,28)/b20-13+. The third kappa shape index (κ3) is 5.30. The molecular formula is C24H19FN2O2. The number of hydrogen-bond acceptors (Lipinski definition) is 3. The van der Waals surface area contributed by atoms with Gasteiger partial charge in [0.15, 0.2) is 0 Å². The molecule has 0 aliphatic carbocycles. The Kier molecular flexibility index (Phi) is 6.39. The summed E-state index contributed by atoms with van der Waals surface area (Å²) in [4.78, 5) is 12.5. The Labute approximate surface area is 168 Å². The average molecular weight is 386 g/mol. The molecule has 3 rings (SSSR count). The highest BCUT2D eigenvalue weighted by Gasteiger charge is 2.11. The third-order valence-electron chi connectivity index (χ3n) is 4.28. The second-order valence-corrected chi connectivity index (χ2v) is 6.39. The molecule has 0 spiro atoms. The Bertz CT molecular complexity index is 1100. The highest BCUT2D eigenvalue weighted by atomic mass is 19.1. The van der Waals surface area contributed by atoms with E-state index in [1.54, 1.807) is 48.5 Å². The van der Waals surface area contributed by atoms with Gasteiger partial charge in [0.05, 0.1) is 0 Å². The van der Waals surface area contributed by atoms with Gasteiger partial charge < -0.3 is 10.1 Å². The number of anilines is 1. The number of nitrogens with zero attached hydrogens (tertiary/aromatic N) is 1. The summed E-state index contributed by atoms with van der Waals surface area (Å²) >= 11 is 0. The van der Waals surface area contributed by atoms with Gasteiger partial charge in [-0.25, -0.2) is 4.39 Å². The highest BCUT2D eigenvalue weighted by molar-refractivity contribution is 6.09. The Morgan fingerprint density at radius 2 is 1.86 bits per heavy atom. The van der Waals surface area contributed by atoms with Gasteiger partial charge in [-0.2, -0.15) is 5.26 Å². The van der Waals surface area contributed by atoms with E-state index in [9.17, 15) is 14.4 Å². The van der Waals surface area contributed by atoms with Crippen LogP contribution in [-0.2, 0) is 11.4 Å². The van der Waals surface area contributed by atoms with Crippen molar-refractivity contribution in [2.24, 2.45) is 0 Å². The number of rotatable bonds is 6. The largest absolute Gasteiger partial charge is 0.489 e. The lowest BCUT2D eigenvalue weighted by Crippen LogP contribution is -2.14. The SMILES string of the molecule is Cc1ccccc1NC(=O)/C(C#N)=C/c1cccc(OCc2ccccc2F)c1. The van der Waals surface area contributed by atoms with Crippen LogP contribution in [-0.4, -0.2) is 5.91 Å². The van der Waals surface area contributed by atoms with Crippen molar-refractivity contribution in [1.82, 2.24) is 0 Å². The molecule has 3 aromatic rings. The van der Waals surface area contributed by atoms with Crippen molar-refractivity contribution in [2.45, 2.75) is 13.5 Å². The summed E-state index contributed by atoms with van der Waals surface area (Å²) in [7, 11) is 0. The quantitative estimate of drug-likeness (QED) is 0.464. The minimum Gasteiger partial charge on any atom is -0.489 e. The van der Waals surface area contributed by atoms with Crippen LogP contribution in [0.2, 0.25) is 0 Å². The van der Waals surface area contributed by atoms with Crippen LogP contribution in [0.25, 0.3) is 6.08 Å². The molecule has 5 heteroatoms. The Morgan fingerprint density at radius 3 is 2.62 bits per heavy atom. The lowest BCUT2D eigenvalue weighted by Gasteiger charge is -2.09. The van der Waals surface area contributed by atoms with Crippen LogP contribution >= 0.6 is 0 Å². The van der Waals surface area contributed by atoms with Gasteiger partial charge in [-0.15, -0.1) is 0 Å². The van der Waals surface area contributed by atoms with Crippen LogP contribution in [0.3, 0.4) is 0 Å². The molecular weight excluding hydrogens is 367 g/mol. The van der Waals surface area contributed by atoms with Crippen molar-refractivity contribution in [2.75, 3.05) is 5.32 Å². The topological polar surface area (TPSA) is 62.1 Å². The number of para-hydroxylation sites is 1. The van der Waals surface area contributed by atoms with E-state index < -0.39 is 5.91 Å². The molecule has 0 atom stereocenters. The number of ether oxygens (including phenoxy) is 1. The highest BCUT2D eigenvalue weighted by Crippen LogP contribution is 2.19. The number of hydrogen-bond donors (Lipinski definition) is 1. The fourth-order valence-corrected chi connectivity index (χ4v) is 2.69. The summed E-state index contributed by atoms with van der Waals surface area (Å²) in [6.45, 7) is 1.96. The predicted molar refractivity (Wildman–Crippen MR) is 111 cm³/mol. The Balaban J connectivity index is 1.73. The molecule has 0 aliphatic heterocycles. The van der Waals surface area contributed by atoms with Gasteiger partial charge in [-0.3, -0.25) is 4.79 Å². The number of amides is 1. The first kappa shape index (κ1) is 19.8. The smallest absolute Gasteiger partial charge is 0.266 e. The minimum atomic E-state index is -0.487. The van der Waals surface area contributed by atoms with E-state index in [0.29, 0.717) is 22.6 Å². The summed E-state index contributed by atoms with van der Waals surface area (Å²) in [5.41, 5.74) is 2.61. The number of benzene rings is 3. The predicted octanol–water partition coefficient (Wildman–Crippen LogP) is 5.26. The fourth-order valence-electron chi connectivity index (χ4n) is 2.69. The maximum atomic E-state index is 13.7. The van der Waals surface area contributed by atoms with Gasteiger partial charge in [0.2, 0.25) is 0 Å². The summed E-state index contributed by atoms with van der Waals surface area (Å²) < 4.78 is 19.4. The van der Waals surface area contributed by atoms with Crippen LogP contribution in [0.5, 0.6) is 5.75 Å². The van der Waals surface area contributed by atoms with Gasteiger partial charge in [0, 0.05) is 11.3 Å². The van der Waals surface area contributed by atoms with Crippen molar-refractivity contribution in [1.29, 1.82) is 5.26 Å². The van der Waals surface area contributed by atoms with Crippen LogP contribution in [0.15, 0.2) is 78.4 Å². The second-order valence-electron chi connectivity index (χ2n) is 6.39. The number of aryl methyl sites for hydroxylation is 1. The van der Waals surface area contributed by atoms with E-state index in [0.717, 1.165) is 5.56 Å². The maximum absolute atomic E-state index is 13.7. The second kappa shape index (κ2) is 9.34. The minimum absolute atomic E-state index is 0.0282. The fraction of sp³-hybridized carbons (Fsp3) is 0.0833. The lowest BCUT2D eigenvalue weighted by atomic mass is 10.1. The van der Waals surface area contributed by atoms with Gasteiger partial charge in [-0.05, 0) is 48.4 Å². The number of carbonyl (C=O) groups excluding carboxylic acids is 1. The first-order valence-electron chi connectivity index (χ1n) is 9.02. The molecule has 144 valence electrons. The first-order valence-corrected chi connectivity index (χ1v) is 9.02. The number of halogens is 1. The molecule has 4 nitrogen and oxygen atoms in total. The molecule has 0 bridgehead atoms. The van der Waals surface area contributed by atoms with Crippen LogP contribution < -0.4 is 10.1 Å². The summed E-state index contributed by atoms with van der Waals surface area (Å²) in [5.74, 6) is -0.304. The summed E-state index contributed by atoms with van der Waals surface area (Å²) in [5, 5.41) is 12.2. The molecule has 3 aromatic carbocycles. The van der Waals surface area contributed by atoms with E-state index >= 15 is 0 Å². The summed E-state index contributed by atoms with van der Waals surface area (Å²) in [6, 6.07) is 22.6. The van der Waals surface area contributed by atoms with Gasteiger partial charge in [0.25, 0.3) is 5.91 Å². The van der Waals surface area contributed by atoms with Crippen molar-refractivity contribution >= 4 is 17.7 Å². The van der Waals surface area contributed by atoms with E-state index in [1.165, 1.54) is 12.1 Å². The first-order chi connectivity index (χ1) is 14.1. The normalized spacial score (nSPS) is 10.9.